The lowest BCUT2D eigenvalue weighted by atomic mass is 10.3. The average Bonchev–Trinajstić information content (AvgIpc) is 2.34. The first-order chi connectivity index (χ1) is 7.88. The highest BCUT2D eigenvalue weighted by Crippen LogP contribution is 2.11. The van der Waals surface area contributed by atoms with E-state index in [1.54, 1.807) is 6.20 Å². The molecule has 0 fully saturated rings. The van der Waals surface area contributed by atoms with Crippen molar-refractivity contribution in [2.45, 2.75) is 20.0 Å². The summed E-state index contributed by atoms with van der Waals surface area (Å²) in [5, 5.41) is 3.03. The summed E-state index contributed by atoms with van der Waals surface area (Å²) >= 11 is 0. The minimum atomic E-state index is 0.569. The van der Waals surface area contributed by atoms with Crippen LogP contribution in [0.4, 0.5) is 5.82 Å². The van der Waals surface area contributed by atoms with E-state index in [0.29, 0.717) is 19.8 Å². The number of hydrogen-bond acceptors (Lipinski definition) is 4. The molecule has 4 nitrogen and oxygen atoms in total. The van der Waals surface area contributed by atoms with Gasteiger partial charge in [-0.25, -0.2) is 4.98 Å². The Bertz CT molecular complexity index is 292. The highest BCUT2D eigenvalue weighted by Gasteiger charge is 2.00. The number of ether oxygens (including phenoxy) is 2. The molecule has 4 heteroatoms. The maximum absolute atomic E-state index is 5.50. The molecular formula is C12H20N2O2. The van der Waals surface area contributed by atoms with Gasteiger partial charge in [0.2, 0.25) is 0 Å². The Morgan fingerprint density at radius 1 is 1.25 bits per heavy atom. The molecule has 1 rings (SSSR count). The third-order valence-electron chi connectivity index (χ3n) is 2.11. The second-order valence-electron chi connectivity index (χ2n) is 3.43. The van der Waals surface area contributed by atoms with Crippen LogP contribution >= 0.6 is 0 Å². The molecule has 1 aromatic rings. The summed E-state index contributed by atoms with van der Waals surface area (Å²) < 4.78 is 10.8. The fourth-order valence-electron chi connectivity index (χ4n) is 1.33. The smallest absolute Gasteiger partial charge is 0.131 e. The zero-order valence-corrected chi connectivity index (χ0v) is 10.0. The Hall–Kier alpha value is -1.13. The van der Waals surface area contributed by atoms with Crippen molar-refractivity contribution in [2.75, 3.05) is 32.2 Å². The van der Waals surface area contributed by atoms with Gasteiger partial charge in [0, 0.05) is 25.4 Å². The van der Waals surface area contributed by atoms with Gasteiger partial charge in [0.05, 0.1) is 19.8 Å². The molecule has 1 heterocycles. The summed E-state index contributed by atoms with van der Waals surface area (Å²) in [6, 6.07) is 3.92. The summed E-state index contributed by atoms with van der Waals surface area (Å²) in [7, 11) is 1.86. The van der Waals surface area contributed by atoms with Gasteiger partial charge in [0.15, 0.2) is 0 Å². The van der Waals surface area contributed by atoms with Crippen LogP contribution in [0.15, 0.2) is 18.3 Å². The minimum Gasteiger partial charge on any atom is -0.379 e. The van der Waals surface area contributed by atoms with Crippen LogP contribution in [0.2, 0.25) is 0 Å². The number of pyridine rings is 1. The van der Waals surface area contributed by atoms with E-state index < -0.39 is 0 Å². The fourth-order valence-corrected chi connectivity index (χ4v) is 1.33. The van der Waals surface area contributed by atoms with Crippen LogP contribution in [0.1, 0.15) is 18.9 Å². The molecule has 0 atom stereocenters. The molecule has 0 spiro atoms. The van der Waals surface area contributed by atoms with Crippen molar-refractivity contribution < 1.29 is 9.47 Å². The van der Waals surface area contributed by atoms with Crippen LogP contribution in [-0.2, 0) is 16.1 Å². The Morgan fingerprint density at radius 3 is 2.81 bits per heavy atom. The van der Waals surface area contributed by atoms with Crippen LogP contribution in [-0.4, -0.2) is 31.9 Å². The monoisotopic (exact) mass is 224 g/mol. The molecule has 0 aliphatic rings. The van der Waals surface area contributed by atoms with Gasteiger partial charge in [-0.1, -0.05) is 13.0 Å². The molecule has 16 heavy (non-hydrogen) atoms. The molecule has 0 radical (unpaired) electrons. The molecule has 1 N–H and O–H groups in total. The van der Waals surface area contributed by atoms with E-state index in [-0.39, 0.29) is 0 Å². The summed E-state index contributed by atoms with van der Waals surface area (Å²) in [5.41, 5.74) is 1.07. The first kappa shape index (κ1) is 12.9. The number of aromatic nitrogens is 1. The van der Waals surface area contributed by atoms with Gasteiger partial charge in [-0.15, -0.1) is 0 Å². The second kappa shape index (κ2) is 8.07. The quantitative estimate of drug-likeness (QED) is 0.686. The van der Waals surface area contributed by atoms with Gasteiger partial charge in [0.25, 0.3) is 0 Å². The third kappa shape index (κ3) is 4.59. The molecule has 0 aliphatic heterocycles. The van der Waals surface area contributed by atoms with Crippen LogP contribution < -0.4 is 5.32 Å². The topological polar surface area (TPSA) is 43.4 Å². The number of anilines is 1. The summed E-state index contributed by atoms with van der Waals surface area (Å²) in [4.78, 5) is 4.20. The summed E-state index contributed by atoms with van der Waals surface area (Å²) in [6.07, 6.45) is 2.81. The van der Waals surface area contributed by atoms with Crippen molar-refractivity contribution >= 4 is 5.82 Å². The van der Waals surface area contributed by atoms with Crippen molar-refractivity contribution in [3.05, 3.63) is 23.9 Å². The standard InChI is InChI=1S/C12H20N2O2/c1-3-7-15-8-9-16-10-11-5-4-6-14-12(11)13-2/h4-6H,3,7-10H2,1-2H3,(H,13,14). The lowest BCUT2D eigenvalue weighted by Crippen LogP contribution is -2.06. The number of rotatable bonds is 8. The molecule has 0 unspecified atom stereocenters. The highest BCUT2D eigenvalue weighted by atomic mass is 16.5. The molecular weight excluding hydrogens is 204 g/mol. The van der Waals surface area contributed by atoms with Gasteiger partial charge in [-0.3, -0.25) is 0 Å². The van der Waals surface area contributed by atoms with Gasteiger partial charge in [-0.2, -0.15) is 0 Å². The molecule has 0 aromatic carbocycles. The Balaban J connectivity index is 2.21. The first-order valence-corrected chi connectivity index (χ1v) is 5.65. The molecule has 0 aliphatic carbocycles. The Labute approximate surface area is 97.0 Å². The number of nitrogens with one attached hydrogen (secondary N) is 1. The SMILES string of the molecule is CCCOCCOCc1cccnc1NC. The largest absolute Gasteiger partial charge is 0.379 e. The van der Waals surface area contributed by atoms with Gasteiger partial charge < -0.3 is 14.8 Å². The number of hydrogen-bond donors (Lipinski definition) is 1. The number of nitrogens with zero attached hydrogens (tertiary/aromatic N) is 1. The Morgan fingerprint density at radius 2 is 2.06 bits per heavy atom. The molecule has 0 amide bonds. The van der Waals surface area contributed by atoms with Crippen LogP contribution in [0.3, 0.4) is 0 Å². The zero-order chi connectivity index (χ0) is 11.6. The molecule has 1 aromatic heterocycles. The third-order valence-corrected chi connectivity index (χ3v) is 2.11. The molecule has 0 bridgehead atoms. The first-order valence-electron chi connectivity index (χ1n) is 5.65. The van der Waals surface area contributed by atoms with Gasteiger partial charge in [-0.05, 0) is 12.5 Å². The van der Waals surface area contributed by atoms with Crippen LogP contribution in [0.5, 0.6) is 0 Å². The van der Waals surface area contributed by atoms with E-state index in [1.165, 1.54) is 0 Å². The predicted molar refractivity (Wildman–Crippen MR) is 64.5 cm³/mol. The van der Waals surface area contributed by atoms with E-state index in [2.05, 4.69) is 17.2 Å². The van der Waals surface area contributed by atoms with E-state index in [0.717, 1.165) is 24.4 Å². The average molecular weight is 224 g/mol. The van der Waals surface area contributed by atoms with Gasteiger partial charge >= 0.3 is 0 Å². The minimum absolute atomic E-state index is 0.569. The highest BCUT2D eigenvalue weighted by molar-refractivity contribution is 5.42. The van der Waals surface area contributed by atoms with Crippen LogP contribution in [0.25, 0.3) is 0 Å². The fraction of sp³-hybridized carbons (Fsp3) is 0.583. The summed E-state index contributed by atoms with van der Waals surface area (Å²) in [6.45, 7) is 4.74. The van der Waals surface area contributed by atoms with Crippen molar-refractivity contribution in [1.29, 1.82) is 0 Å². The van der Waals surface area contributed by atoms with E-state index in [9.17, 15) is 0 Å². The van der Waals surface area contributed by atoms with Crippen molar-refractivity contribution in [1.82, 2.24) is 4.98 Å². The van der Waals surface area contributed by atoms with E-state index >= 15 is 0 Å². The second-order valence-corrected chi connectivity index (χ2v) is 3.43. The lowest BCUT2D eigenvalue weighted by Gasteiger charge is -2.08. The molecule has 0 saturated carbocycles. The maximum Gasteiger partial charge on any atom is 0.131 e. The predicted octanol–water partition coefficient (Wildman–Crippen LogP) is 2.07. The Kier molecular flexibility index (Phi) is 6.53. The maximum atomic E-state index is 5.50. The summed E-state index contributed by atoms with van der Waals surface area (Å²) in [5.74, 6) is 0.872. The van der Waals surface area contributed by atoms with E-state index in [4.69, 9.17) is 9.47 Å². The van der Waals surface area contributed by atoms with Crippen molar-refractivity contribution in [3.8, 4) is 0 Å². The normalized spacial score (nSPS) is 10.4. The van der Waals surface area contributed by atoms with E-state index in [1.807, 2.05) is 19.2 Å². The van der Waals surface area contributed by atoms with Gasteiger partial charge in [0.1, 0.15) is 5.82 Å². The van der Waals surface area contributed by atoms with Crippen molar-refractivity contribution in [3.63, 3.8) is 0 Å². The van der Waals surface area contributed by atoms with Crippen molar-refractivity contribution in [2.24, 2.45) is 0 Å². The lowest BCUT2D eigenvalue weighted by molar-refractivity contribution is 0.0409. The molecule has 90 valence electrons. The van der Waals surface area contributed by atoms with Crippen LogP contribution in [0, 0.1) is 0 Å². The molecule has 0 saturated heterocycles. The zero-order valence-electron chi connectivity index (χ0n) is 10.0.